The first kappa shape index (κ1) is 23.2. The van der Waals surface area contributed by atoms with Crippen LogP contribution in [0.25, 0.3) is 0 Å². The molecule has 2 aromatic carbocycles. The Morgan fingerprint density at radius 2 is 1.65 bits per heavy atom. The summed E-state index contributed by atoms with van der Waals surface area (Å²) in [6.45, 7) is 4.91. The van der Waals surface area contributed by atoms with Crippen molar-refractivity contribution in [2.24, 2.45) is 5.92 Å². The van der Waals surface area contributed by atoms with Gasteiger partial charge < -0.3 is 4.74 Å². The normalized spacial score (nSPS) is 17.8. The molecule has 1 heterocycles. The lowest BCUT2D eigenvalue weighted by Crippen LogP contribution is -2.39. The van der Waals surface area contributed by atoms with Crippen molar-refractivity contribution in [1.29, 1.82) is 0 Å². The van der Waals surface area contributed by atoms with E-state index in [0.29, 0.717) is 19.0 Å². The first-order valence-electron chi connectivity index (χ1n) is 10.0. The molecule has 1 N–H and O–H groups in total. The number of nitrogens with one attached hydrogen (secondary N) is 1. The van der Waals surface area contributed by atoms with E-state index in [2.05, 4.69) is 4.72 Å². The number of nitrogens with zero attached hydrogens (tertiary/aromatic N) is 1. The Balaban J connectivity index is 1.73. The maximum atomic E-state index is 12.8. The van der Waals surface area contributed by atoms with E-state index in [4.69, 9.17) is 4.74 Å². The van der Waals surface area contributed by atoms with Crippen LogP contribution in [0.3, 0.4) is 0 Å². The van der Waals surface area contributed by atoms with E-state index in [1.54, 1.807) is 6.92 Å². The lowest BCUT2D eigenvalue weighted by Gasteiger charge is -2.30. The second-order valence-electron chi connectivity index (χ2n) is 7.49. The van der Waals surface area contributed by atoms with Gasteiger partial charge in [0.2, 0.25) is 10.0 Å². The molecule has 1 aliphatic heterocycles. The molecule has 0 spiro atoms. The molecular weight excluding hydrogens is 440 g/mol. The summed E-state index contributed by atoms with van der Waals surface area (Å²) >= 11 is 0. The molecule has 2 aromatic rings. The van der Waals surface area contributed by atoms with Gasteiger partial charge in [-0.1, -0.05) is 6.92 Å². The number of piperidine rings is 1. The lowest BCUT2D eigenvalue weighted by molar-refractivity contribution is 0.0526. The average Bonchev–Trinajstić information content (AvgIpc) is 2.74. The number of benzene rings is 2. The van der Waals surface area contributed by atoms with Crippen molar-refractivity contribution in [2.75, 3.05) is 24.4 Å². The average molecular weight is 467 g/mol. The predicted octanol–water partition coefficient (Wildman–Crippen LogP) is 3.08. The summed E-state index contributed by atoms with van der Waals surface area (Å²) in [7, 11) is -7.52. The molecular formula is C21H26N2O6S2. The predicted molar refractivity (Wildman–Crippen MR) is 117 cm³/mol. The first-order chi connectivity index (χ1) is 14.6. The Labute approximate surface area is 183 Å². The van der Waals surface area contributed by atoms with Gasteiger partial charge in [-0.2, -0.15) is 4.31 Å². The molecule has 168 valence electrons. The van der Waals surface area contributed by atoms with Crippen molar-refractivity contribution in [3.05, 3.63) is 54.1 Å². The van der Waals surface area contributed by atoms with Crippen LogP contribution < -0.4 is 4.72 Å². The summed E-state index contributed by atoms with van der Waals surface area (Å²) in [6, 6.07) is 11.0. The molecule has 0 aliphatic carbocycles. The monoisotopic (exact) mass is 466 g/mol. The molecule has 1 aliphatic rings. The van der Waals surface area contributed by atoms with Gasteiger partial charge in [-0.3, -0.25) is 4.72 Å². The second-order valence-corrected chi connectivity index (χ2v) is 11.1. The highest BCUT2D eigenvalue weighted by Gasteiger charge is 2.28. The van der Waals surface area contributed by atoms with Crippen LogP contribution in [0.15, 0.2) is 58.3 Å². The fourth-order valence-corrected chi connectivity index (χ4v) is 6.06. The van der Waals surface area contributed by atoms with E-state index >= 15 is 0 Å². The maximum absolute atomic E-state index is 12.8. The van der Waals surface area contributed by atoms with Crippen LogP contribution in [-0.4, -0.2) is 46.8 Å². The molecule has 0 saturated carbocycles. The number of hydrogen-bond acceptors (Lipinski definition) is 6. The molecule has 3 rings (SSSR count). The maximum Gasteiger partial charge on any atom is 0.338 e. The molecule has 10 heteroatoms. The van der Waals surface area contributed by atoms with E-state index in [0.717, 1.165) is 12.8 Å². The molecule has 8 nitrogen and oxygen atoms in total. The minimum absolute atomic E-state index is 0.0282. The topological polar surface area (TPSA) is 110 Å². The zero-order chi connectivity index (χ0) is 22.6. The van der Waals surface area contributed by atoms with Crippen LogP contribution >= 0.6 is 0 Å². The molecule has 0 amide bonds. The highest BCUT2D eigenvalue weighted by molar-refractivity contribution is 7.92. The lowest BCUT2D eigenvalue weighted by atomic mass is 10.0. The van der Waals surface area contributed by atoms with Crippen molar-refractivity contribution in [2.45, 2.75) is 36.5 Å². The Hall–Kier alpha value is -2.43. The highest BCUT2D eigenvalue weighted by Crippen LogP contribution is 2.25. The van der Waals surface area contributed by atoms with Crippen LogP contribution in [0.1, 0.15) is 37.0 Å². The van der Waals surface area contributed by atoms with Crippen LogP contribution in [0.2, 0.25) is 0 Å². The summed E-state index contributed by atoms with van der Waals surface area (Å²) in [5.41, 5.74) is 0.489. The van der Waals surface area contributed by atoms with Crippen molar-refractivity contribution >= 4 is 31.7 Å². The van der Waals surface area contributed by atoms with Crippen LogP contribution in [0.5, 0.6) is 0 Å². The number of carbonyl (C=O) groups excluding carboxylic acids is 1. The zero-order valence-corrected chi connectivity index (χ0v) is 19.1. The van der Waals surface area contributed by atoms with E-state index in [-0.39, 0.29) is 27.6 Å². The summed E-state index contributed by atoms with van der Waals surface area (Å²) in [5, 5.41) is 0. The first-order valence-corrected chi connectivity index (χ1v) is 13.0. The van der Waals surface area contributed by atoms with E-state index in [1.807, 2.05) is 6.92 Å². The number of anilines is 1. The third-order valence-corrected chi connectivity index (χ3v) is 8.32. The van der Waals surface area contributed by atoms with E-state index < -0.39 is 26.0 Å². The molecule has 1 saturated heterocycles. The van der Waals surface area contributed by atoms with Gasteiger partial charge in [0.05, 0.1) is 22.0 Å². The number of sulfonamides is 2. The molecule has 0 bridgehead atoms. The van der Waals surface area contributed by atoms with Gasteiger partial charge in [0.1, 0.15) is 0 Å². The standard InChI is InChI=1S/C21H26N2O6S2/c1-3-29-21(24)17-6-10-19(11-7-17)30(25,26)22-18-8-12-20(13-9-18)31(27,28)23-14-4-5-16(2)15-23/h6-13,16,22H,3-5,14-15H2,1-2H3. The zero-order valence-electron chi connectivity index (χ0n) is 17.4. The molecule has 1 fully saturated rings. The largest absolute Gasteiger partial charge is 0.462 e. The number of ether oxygens (including phenoxy) is 1. The minimum Gasteiger partial charge on any atom is -0.462 e. The SMILES string of the molecule is CCOC(=O)c1ccc(S(=O)(=O)Nc2ccc(S(=O)(=O)N3CCCC(C)C3)cc2)cc1. The van der Waals surface area contributed by atoms with Gasteiger partial charge in [0, 0.05) is 18.8 Å². The van der Waals surface area contributed by atoms with Crippen molar-refractivity contribution in [3.63, 3.8) is 0 Å². The fraction of sp³-hybridized carbons (Fsp3) is 0.381. The Morgan fingerprint density at radius 3 is 2.23 bits per heavy atom. The summed E-state index contributed by atoms with van der Waals surface area (Å²) in [6.07, 6.45) is 1.83. The van der Waals surface area contributed by atoms with Gasteiger partial charge >= 0.3 is 5.97 Å². The Morgan fingerprint density at radius 1 is 1.03 bits per heavy atom. The second kappa shape index (κ2) is 9.37. The fourth-order valence-electron chi connectivity index (χ4n) is 3.41. The van der Waals surface area contributed by atoms with E-state index in [9.17, 15) is 21.6 Å². The van der Waals surface area contributed by atoms with Gasteiger partial charge in [-0.05, 0) is 74.2 Å². The van der Waals surface area contributed by atoms with Crippen LogP contribution in [0.4, 0.5) is 5.69 Å². The molecule has 0 radical (unpaired) electrons. The van der Waals surface area contributed by atoms with Crippen molar-refractivity contribution < 1.29 is 26.4 Å². The van der Waals surface area contributed by atoms with Gasteiger partial charge in [0.25, 0.3) is 10.0 Å². The molecule has 1 unspecified atom stereocenters. The highest BCUT2D eigenvalue weighted by atomic mass is 32.2. The Kier molecular flexibility index (Phi) is 7.03. The van der Waals surface area contributed by atoms with Gasteiger partial charge in [-0.15, -0.1) is 0 Å². The molecule has 1 atom stereocenters. The summed E-state index contributed by atoms with van der Waals surface area (Å²) < 4.78 is 59.7. The summed E-state index contributed by atoms with van der Waals surface area (Å²) in [5.74, 6) is -0.218. The minimum atomic E-state index is -3.91. The van der Waals surface area contributed by atoms with Crippen molar-refractivity contribution in [3.8, 4) is 0 Å². The van der Waals surface area contributed by atoms with Crippen LogP contribution in [-0.2, 0) is 24.8 Å². The van der Waals surface area contributed by atoms with Crippen molar-refractivity contribution in [1.82, 2.24) is 4.31 Å². The molecule has 0 aromatic heterocycles. The smallest absolute Gasteiger partial charge is 0.338 e. The van der Waals surface area contributed by atoms with Gasteiger partial charge in [-0.25, -0.2) is 21.6 Å². The number of carbonyl (C=O) groups is 1. The molecule has 31 heavy (non-hydrogen) atoms. The third-order valence-electron chi connectivity index (χ3n) is 5.04. The number of esters is 1. The number of hydrogen-bond donors (Lipinski definition) is 1. The quantitative estimate of drug-likeness (QED) is 0.628. The number of rotatable bonds is 7. The van der Waals surface area contributed by atoms with Gasteiger partial charge in [0.15, 0.2) is 0 Å². The Bertz CT molecular complexity index is 1130. The summed E-state index contributed by atoms with van der Waals surface area (Å²) in [4.78, 5) is 11.8. The van der Waals surface area contributed by atoms with E-state index in [1.165, 1.54) is 52.8 Å². The van der Waals surface area contributed by atoms with Crippen LogP contribution in [0, 0.1) is 5.92 Å². The third kappa shape index (κ3) is 5.44.